The molecule has 0 aliphatic heterocycles. The van der Waals surface area contributed by atoms with Crippen LogP contribution in [0.3, 0.4) is 0 Å². The maximum absolute atomic E-state index is 11.9. The van der Waals surface area contributed by atoms with Crippen molar-refractivity contribution < 1.29 is 14.6 Å². The molecule has 0 heterocycles. The molecular formula is C18H19NO3. The monoisotopic (exact) mass is 297 g/mol. The van der Waals surface area contributed by atoms with Crippen molar-refractivity contribution in [1.82, 2.24) is 5.32 Å². The van der Waals surface area contributed by atoms with Crippen LogP contribution in [-0.2, 0) is 16.8 Å². The maximum Gasteiger partial charge on any atom is 0.258 e. The van der Waals surface area contributed by atoms with Gasteiger partial charge in [0.2, 0.25) is 0 Å². The molecule has 4 nitrogen and oxygen atoms in total. The summed E-state index contributed by atoms with van der Waals surface area (Å²) in [5, 5.41) is 13.5. The number of ether oxygens (including phenoxy) is 1. The summed E-state index contributed by atoms with van der Waals surface area (Å²) in [4.78, 5) is 11.9. The van der Waals surface area contributed by atoms with Crippen LogP contribution in [-0.4, -0.2) is 24.2 Å². The van der Waals surface area contributed by atoms with Gasteiger partial charge >= 0.3 is 0 Å². The van der Waals surface area contributed by atoms with Gasteiger partial charge in [-0.1, -0.05) is 42.5 Å². The van der Waals surface area contributed by atoms with Crippen LogP contribution in [0.1, 0.15) is 17.5 Å². The van der Waals surface area contributed by atoms with E-state index in [9.17, 15) is 9.90 Å². The Balaban J connectivity index is 1.53. The lowest BCUT2D eigenvalue weighted by Gasteiger charge is -2.24. The molecule has 0 bridgehead atoms. The average molecular weight is 297 g/mol. The molecule has 0 saturated heterocycles. The fraction of sp³-hybridized carbons (Fsp3) is 0.278. The van der Waals surface area contributed by atoms with Crippen molar-refractivity contribution in [3.05, 3.63) is 65.7 Å². The van der Waals surface area contributed by atoms with Gasteiger partial charge in [-0.3, -0.25) is 4.79 Å². The lowest BCUT2D eigenvalue weighted by molar-refractivity contribution is -0.124. The highest BCUT2D eigenvalue weighted by atomic mass is 16.5. The van der Waals surface area contributed by atoms with Gasteiger partial charge in [0, 0.05) is 0 Å². The molecule has 1 atom stereocenters. The number of hydrogen-bond donors (Lipinski definition) is 2. The average Bonchev–Trinajstić information content (AvgIpc) is 2.90. The molecule has 0 fully saturated rings. The van der Waals surface area contributed by atoms with Crippen LogP contribution in [0.2, 0.25) is 0 Å². The van der Waals surface area contributed by atoms with Crippen molar-refractivity contribution in [2.24, 2.45) is 0 Å². The van der Waals surface area contributed by atoms with Crippen LogP contribution < -0.4 is 10.1 Å². The third-order valence-electron chi connectivity index (χ3n) is 4.02. The Bertz CT molecular complexity index is 656. The minimum absolute atomic E-state index is 0.0538. The second-order valence-electron chi connectivity index (χ2n) is 5.57. The maximum atomic E-state index is 11.9. The second-order valence-corrected chi connectivity index (χ2v) is 5.57. The summed E-state index contributed by atoms with van der Waals surface area (Å²) in [6, 6.07) is 17.0. The Labute approximate surface area is 129 Å². The summed E-state index contributed by atoms with van der Waals surface area (Å²) >= 11 is 0. The van der Waals surface area contributed by atoms with E-state index < -0.39 is 5.60 Å². The standard InChI is InChI=1S/C18H19NO3/c20-17(12-22-15-7-2-1-3-8-15)19-13-18(21)11-10-14-6-4-5-9-16(14)18/h1-9,21H,10-13H2,(H,19,20). The fourth-order valence-electron chi connectivity index (χ4n) is 2.81. The minimum Gasteiger partial charge on any atom is -0.484 e. The summed E-state index contributed by atoms with van der Waals surface area (Å²) in [5.74, 6) is 0.421. The van der Waals surface area contributed by atoms with Crippen LogP contribution in [0.5, 0.6) is 5.75 Å². The topological polar surface area (TPSA) is 58.6 Å². The van der Waals surface area contributed by atoms with E-state index in [-0.39, 0.29) is 19.1 Å². The first-order valence-corrected chi connectivity index (χ1v) is 7.43. The van der Waals surface area contributed by atoms with Gasteiger partial charge in [-0.05, 0) is 36.1 Å². The number of carbonyl (C=O) groups excluding carboxylic acids is 1. The summed E-state index contributed by atoms with van der Waals surface area (Å²) in [6.07, 6.45) is 1.47. The van der Waals surface area contributed by atoms with E-state index in [1.54, 1.807) is 12.1 Å². The van der Waals surface area contributed by atoms with Gasteiger partial charge in [-0.2, -0.15) is 0 Å². The molecule has 1 aliphatic rings. The lowest BCUT2D eigenvalue weighted by Crippen LogP contribution is -2.41. The van der Waals surface area contributed by atoms with Crippen LogP contribution >= 0.6 is 0 Å². The van der Waals surface area contributed by atoms with Gasteiger partial charge in [-0.15, -0.1) is 0 Å². The first kappa shape index (κ1) is 14.6. The predicted molar refractivity (Wildman–Crippen MR) is 83.6 cm³/mol. The Hall–Kier alpha value is -2.33. The number of amides is 1. The van der Waals surface area contributed by atoms with Crippen molar-refractivity contribution in [1.29, 1.82) is 0 Å². The summed E-state index contributed by atoms with van der Waals surface area (Å²) in [7, 11) is 0. The van der Waals surface area contributed by atoms with Crippen molar-refractivity contribution in [2.45, 2.75) is 18.4 Å². The van der Waals surface area contributed by atoms with Gasteiger partial charge < -0.3 is 15.2 Å². The van der Waals surface area contributed by atoms with Gasteiger partial charge in [0.15, 0.2) is 6.61 Å². The fourth-order valence-corrected chi connectivity index (χ4v) is 2.81. The van der Waals surface area contributed by atoms with Crippen molar-refractivity contribution in [3.63, 3.8) is 0 Å². The summed E-state index contributed by atoms with van der Waals surface area (Å²) in [6.45, 7) is 0.155. The molecule has 3 rings (SSSR count). The quantitative estimate of drug-likeness (QED) is 0.887. The molecule has 2 aromatic rings. The number of para-hydroxylation sites is 1. The first-order valence-electron chi connectivity index (χ1n) is 7.43. The van der Waals surface area contributed by atoms with Crippen molar-refractivity contribution in [2.75, 3.05) is 13.2 Å². The number of carbonyl (C=O) groups is 1. The molecule has 2 N–H and O–H groups in total. The Morgan fingerprint density at radius 2 is 1.86 bits per heavy atom. The molecule has 1 unspecified atom stereocenters. The van der Waals surface area contributed by atoms with Crippen molar-refractivity contribution in [3.8, 4) is 5.75 Å². The van der Waals surface area contributed by atoms with E-state index in [4.69, 9.17) is 4.74 Å². The number of benzene rings is 2. The zero-order valence-electron chi connectivity index (χ0n) is 12.3. The minimum atomic E-state index is -0.973. The molecule has 114 valence electrons. The molecule has 1 aliphatic carbocycles. The second kappa shape index (κ2) is 6.20. The van der Waals surface area contributed by atoms with Crippen LogP contribution in [0.25, 0.3) is 0 Å². The molecule has 0 saturated carbocycles. The Kier molecular flexibility index (Phi) is 4.11. The third-order valence-corrected chi connectivity index (χ3v) is 4.02. The zero-order valence-corrected chi connectivity index (χ0v) is 12.3. The third kappa shape index (κ3) is 3.12. The number of hydrogen-bond acceptors (Lipinski definition) is 3. The lowest BCUT2D eigenvalue weighted by atomic mass is 9.96. The predicted octanol–water partition coefficient (Wildman–Crippen LogP) is 2.02. The molecule has 0 radical (unpaired) electrons. The molecule has 0 spiro atoms. The van der Waals surface area contributed by atoms with Gasteiger partial charge in [0.05, 0.1) is 6.54 Å². The van der Waals surface area contributed by atoms with Gasteiger partial charge in [0.25, 0.3) is 5.91 Å². The summed E-state index contributed by atoms with van der Waals surface area (Å²) in [5.41, 5.74) is 1.10. The molecule has 22 heavy (non-hydrogen) atoms. The van der Waals surface area contributed by atoms with E-state index in [2.05, 4.69) is 5.32 Å². The van der Waals surface area contributed by atoms with Crippen LogP contribution in [0.4, 0.5) is 0 Å². The largest absolute Gasteiger partial charge is 0.484 e. The highest BCUT2D eigenvalue weighted by Crippen LogP contribution is 2.36. The Morgan fingerprint density at radius 3 is 2.68 bits per heavy atom. The Morgan fingerprint density at radius 1 is 1.14 bits per heavy atom. The number of rotatable bonds is 5. The normalized spacial score (nSPS) is 19.5. The summed E-state index contributed by atoms with van der Waals surface area (Å²) < 4.78 is 5.39. The number of aliphatic hydroxyl groups is 1. The first-order chi connectivity index (χ1) is 10.7. The van der Waals surface area contributed by atoms with E-state index in [0.717, 1.165) is 17.5 Å². The number of aryl methyl sites for hydroxylation is 1. The van der Waals surface area contributed by atoms with E-state index in [1.807, 2.05) is 42.5 Å². The van der Waals surface area contributed by atoms with Crippen molar-refractivity contribution >= 4 is 5.91 Å². The van der Waals surface area contributed by atoms with Gasteiger partial charge in [0.1, 0.15) is 11.4 Å². The molecule has 0 aromatic heterocycles. The number of fused-ring (bicyclic) bond motifs is 1. The molecule has 2 aromatic carbocycles. The molecule has 4 heteroatoms. The molecular weight excluding hydrogens is 278 g/mol. The smallest absolute Gasteiger partial charge is 0.258 e. The molecule has 1 amide bonds. The van der Waals surface area contributed by atoms with E-state index in [0.29, 0.717) is 12.2 Å². The van der Waals surface area contributed by atoms with E-state index >= 15 is 0 Å². The highest BCUT2D eigenvalue weighted by molar-refractivity contribution is 5.77. The zero-order chi connectivity index (χ0) is 15.4. The van der Waals surface area contributed by atoms with Gasteiger partial charge in [-0.25, -0.2) is 0 Å². The van der Waals surface area contributed by atoms with E-state index in [1.165, 1.54) is 0 Å². The number of nitrogens with one attached hydrogen (secondary N) is 1. The van der Waals surface area contributed by atoms with Crippen LogP contribution in [0.15, 0.2) is 54.6 Å². The highest BCUT2D eigenvalue weighted by Gasteiger charge is 2.36. The van der Waals surface area contributed by atoms with Crippen LogP contribution in [0, 0.1) is 0 Å². The SMILES string of the molecule is O=C(COc1ccccc1)NCC1(O)CCc2ccccc21.